The fourth-order valence-corrected chi connectivity index (χ4v) is 4.56. The predicted molar refractivity (Wildman–Crippen MR) is 106 cm³/mol. The number of piperidine rings is 1. The minimum absolute atomic E-state index is 0.0443. The lowest BCUT2D eigenvalue weighted by Gasteiger charge is -2.56. The van der Waals surface area contributed by atoms with E-state index >= 15 is 0 Å². The van der Waals surface area contributed by atoms with Crippen LogP contribution >= 0.6 is 0 Å². The van der Waals surface area contributed by atoms with Crippen LogP contribution in [0, 0.1) is 5.41 Å². The minimum atomic E-state index is -0.355. The van der Waals surface area contributed by atoms with E-state index in [4.69, 9.17) is 10.5 Å². The SMILES string of the molecule is Cn1nc(C(=O)N2CCC3(CC2)[C@H](O)C[C@@H]3OCCN)cc1-c1ccccc1. The number of aliphatic hydroxyl groups excluding tert-OH is 1. The van der Waals surface area contributed by atoms with E-state index in [1.54, 1.807) is 4.68 Å². The van der Waals surface area contributed by atoms with Crippen LogP contribution in [0.25, 0.3) is 11.3 Å². The van der Waals surface area contributed by atoms with Crippen molar-refractivity contribution < 1.29 is 14.6 Å². The van der Waals surface area contributed by atoms with Crippen LogP contribution < -0.4 is 5.73 Å². The van der Waals surface area contributed by atoms with E-state index in [2.05, 4.69) is 5.10 Å². The molecule has 1 aliphatic heterocycles. The third-order valence-electron chi connectivity index (χ3n) is 6.33. The molecule has 2 aliphatic rings. The van der Waals surface area contributed by atoms with Crippen molar-refractivity contribution in [3.8, 4) is 11.3 Å². The van der Waals surface area contributed by atoms with Gasteiger partial charge in [-0.1, -0.05) is 30.3 Å². The minimum Gasteiger partial charge on any atom is -0.392 e. The molecular weight excluding hydrogens is 356 g/mol. The van der Waals surface area contributed by atoms with Gasteiger partial charge in [0.1, 0.15) is 0 Å². The number of nitrogens with two attached hydrogens (primary N) is 1. The first-order chi connectivity index (χ1) is 13.5. The molecule has 7 heteroatoms. The zero-order valence-electron chi connectivity index (χ0n) is 16.3. The van der Waals surface area contributed by atoms with Crippen LogP contribution in [0.3, 0.4) is 0 Å². The number of carbonyl (C=O) groups excluding carboxylic acids is 1. The molecule has 0 bridgehead atoms. The van der Waals surface area contributed by atoms with Gasteiger partial charge in [0.15, 0.2) is 5.69 Å². The first kappa shape index (κ1) is 19.1. The van der Waals surface area contributed by atoms with Crippen molar-refractivity contribution in [2.24, 2.45) is 18.2 Å². The highest BCUT2D eigenvalue weighted by Crippen LogP contribution is 2.51. The van der Waals surface area contributed by atoms with Crippen molar-refractivity contribution in [3.05, 3.63) is 42.1 Å². The van der Waals surface area contributed by atoms with Gasteiger partial charge in [0.05, 0.1) is 24.5 Å². The Kier molecular flexibility index (Phi) is 5.23. The lowest BCUT2D eigenvalue weighted by atomic mass is 9.58. The third kappa shape index (κ3) is 3.23. The van der Waals surface area contributed by atoms with Crippen LogP contribution in [0.4, 0.5) is 0 Å². The average molecular weight is 384 g/mol. The van der Waals surface area contributed by atoms with Gasteiger partial charge in [-0.05, 0) is 24.5 Å². The molecule has 2 heterocycles. The van der Waals surface area contributed by atoms with Crippen LogP contribution in [0.2, 0.25) is 0 Å². The fraction of sp³-hybridized carbons (Fsp3) is 0.524. The molecule has 1 spiro atoms. The number of likely N-dealkylation sites (tertiary alicyclic amines) is 1. The third-order valence-corrected chi connectivity index (χ3v) is 6.33. The number of nitrogens with zero attached hydrogens (tertiary/aromatic N) is 3. The Hall–Kier alpha value is -2.22. The van der Waals surface area contributed by atoms with Crippen LogP contribution in [0.5, 0.6) is 0 Å². The standard InChI is InChI=1S/C21H28N4O3/c1-24-17(15-5-3-2-4-6-15)13-16(23-24)20(27)25-10-7-21(8-11-25)18(26)14-19(21)28-12-9-22/h2-6,13,18-19,26H,7-12,14,22H2,1H3/t18-,19+/m1/s1. The lowest BCUT2D eigenvalue weighted by molar-refractivity contribution is -0.208. The van der Waals surface area contributed by atoms with E-state index in [0.717, 1.165) is 24.1 Å². The quantitative estimate of drug-likeness (QED) is 0.813. The zero-order valence-corrected chi connectivity index (χ0v) is 16.3. The van der Waals surface area contributed by atoms with Crippen molar-refractivity contribution in [1.82, 2.24) is 14.7 Å². The van der Waals surface area contributed by atoms with Crippen molar-refractivity contribution >= 4 is 5.91 Å². The van der Waals surface area contributed by atoms with Crippen molar-refractivity contribution in [2.45, 2.75) is 31.5 Å². The molecule has 1 saturated carbocycles. The summed E-state index contributed by atoms with van der Waals surface area (Å²) < 4.78 is 7.59. The molecule has 1 amide bonds. The molecule has 1 saturated heterocycles. The van der Waals surface area contributed by atoms with Crippen LogP contribution in [-0.2, 0) is 11.8 Å². The van der Waals surface area contributed by atoms with Gasteiger partial charge in [0.25, 0.3) is 5.91 Å². The maximum absolute atomic E-state index is 13.0. The summed E-state index contributed by atoms with van der Waals surface area (Å²) >= 11 is 0. The Morgan fingerprint density at radius 2 is 2.04 bits per heavy atom. The van der Waals surface area contributed by atoms with Crippen LogP contribution in [0.1, 0.15) is 29.8 Å². The summed E-state index contributed by atoms with van der Waals surface area (Å²) in [4.78, 5) is 14.8. The van der Waals surface area contributed by atoms with E-state index < -0.39 is 0 Å². The van der Waals surface area contributed by atoms with Gasteiger partial charge in [0, 0.05) is 38.5 Å². The molecule has 1 aromatic carbocycles. The molecule has 2 atom stereocenters. The predicted octanol–water partition coefficient (Wildman–Crippen LogP) is 1.42. The Morgan fingerprint density at radius 1 is 1.32 bits per heavy atom. The lowest BCUT2D eigenvalue weighted by Crippen LogP contribution is -2.63. The highest BCUT2D eigenvalue weighted by atomic mass is 16.5. The number of benzene rings is 1. The molecule has 1 aliphatic carbocycles. The molecule has 0 radical (unpaired) electrons. The Balaban J connectivity index is 1.44. The van der Waals surface area contributed by atoms with Gasteiger partial charge in [-0.2, -0.15) is 5.10 Å². The summed E-state index contributed by atoms with van der Waals surface area (Å²) in [5, 5.41) is 14.8. The summed E-state index contributed by atoms with van der Waals surface area (Å²) in [5.74, 6) is -0.0547. The van der Waals surface area contributed by atoms with Crippen molar-refractivity contribution in [2.75, 3.05) is 26.2 Å². The normalized spacial score (nSPS) is 23.6. The first-order valence-electron chi connectivity index (χ1n) is 9.93. The van der Waals surface area contributed by atoms with E-state index in [1.165, 1.54) is 0 Å². The molecule has 2 aromatic rings. The second-order valence-corrected chi connectivity index (χ2v) is 7.83. The molecule has 150 valence electrons. The van der Waals surface area contributed by atoms with E-state index in [9.17, 15) is 9.90 Å². The number of hydrogen-bond donors (Lipinski definition) is 2. The highest BCUT2D eigenvalue weighted by molar-refractivity contribution is 5.93. The smallest absolute Gasteiger partial charge is 0.274 e. The summed E-state index contributed by atoms with van der Waals surface area (Å²) in [7, 11) is 1.86. The largest absolute Gasteiger partial charge is 0.392 e. The molecule has 7 nitrogen and oxygen atoms in total. The zero-order chi connectivity index (χ0) is 19.7. The summed E-state index contributed by atoms with van der Waals surface area (Å²) in [6.07, 6.45) is 1.84. The van der Waals surface area contributed by atoms with Gasteiger partial charge in [-0.15, -0.1) is 0 Å². The number of carbonyl (C=O) groups is 1. The van der Waals surface area contributed by atoms with Gasteiger partial charge >= 0.3 is 0 Å². The number of ether oxygens (including phenoxy) is 1. The molecule has 3 N–H and O–H groups in total. The maximum atomic E-state index is 13.0. The molecule has 2 fully saturated rings. The topological polar surface area (TPSA) is 93.6 Å². The van der Waals surface area contributed by atoms with Gasteiger partial charge < -0.3 is 20.5 Å². The second-order valence-electron chi connectivity index (χ2n) is 7.83. The van der Waals surface area contributed by atoms with E-state index in [1.807, 2.05) is 48.3 Å². The molecule has 4 rings (SSSR count). The number of aliphatic hydroxyl groups is 1. The van der Waals surface area contributed by atoms with Crippen molar-refractivity contribution in [3.63, 3.8) is 0 Å². The maximum Gasteiger partial charge on any atom is 0.274 e. The number of amides is 1. The Bertz CT molecular complexity index is 827. The number of aryl methyl sites for hydroxylation is 1. The second kappa shape index (κ2) is 7.66. The first-order valence-corrected chi connectivity index (χ1v) is 9.93. The Labute approximate surface area is 165 Å². The summed E-state index contributed by atoms with van der Waals surface area (Å²) in [5.41, 5.74) is 7.72. The highest BCUT2D eigenvalue weighted by Gasteiger charge is 2.56. The number of hydrogen-bond acceptors (Lipinski definition) is 5. The molecule has 0 unspecified atom stereocenters. The molecule has 1 aromatic heterocycles. The van der Waals surface area contributed by atoms with Crippen LogP contribution in [0.15, 0.2) is 36.4 Å². The van der Waals surface area contributed by atoms with Gasteiger partial charge in [-0.3, -0.25) is 9.48 Å². The van der Waals surface area contributed by atoms with Crippen molar-refractivity contribution in [1.29, 1.82) is 0 Å². The summed E-state index contributed by atoms with van der Waals surface area (Å²) in [6, 6.07) is 11.8. The van der Waals surface area contributed by atoms with Gasteiger partial charge in [-0.25, -0.2) is 0 Å². The number of aromatic nitrogens is 2. The molecule has 28 heavy (non-hydrogen) atoms. The van der Waals surface area contributed by atoms with E-state index in [-0.39, 0.29) is 23.5 Å². The summed E-state index contributed by atoms with van der Waals surface area (Å²) in [6.45, 7) is 2.21. The Morgan fingerprint density at radius 3 is 2.68 bits per heavy atom. The average Bonchev–Trinajstić information content (AvgIpc) is 3.13. The van der Waals surface area contributed by atoms with Crippen LogP contribution in [-0.4, -0.2) is 64.1 Å². The monoisotopic (exact) mass is 384 g/mol. The molecular formula is C21H28N4O3. The fourth-order valence-electron chi connectivity index (χ4n) is 4.56. The van der Waals surface area contributed by atoms with Gasteiger partial charge in [0.2, 0.25) is 0 Å². The van der Waals surface area contributed by atoms with E-state index in [0.29, 0.717) is 38.4 Å². The number of rotatable bonds is 5.